The molecular weight excluding hydrogens is 703 g/mol. The van der Waals surface area contributed by atoms with Gasteiger partial charge in [0.05, 0.1) is 40.3 Å². The van der Waals surface area contributed by atoms with E-state index in [0.29, 0.717) is 19.3 Å². The number of quaternary nitrogens is 1. The highest BCUT2D eigenvalue weighted by molar-refractivity contribution is 5.70. The molecule has 0 saturated heterocycles. The predicted molar refractivity (Wildman–Crippen MR) is 230 cm³/mol. The van der Waals surface area contributed by atoms with Gasteiger partial charge < -0.3 is 28.6 Å². The number of unbranched alkanes of at least 4 members (excludes halogenated alkanes) is 4. The van der Waals surface area contributed by atoms with E-state index >= 15 is 0 Å². The summed E-state index contributed by atoms with van der Waals surface area (Å²) in [6, 6.07) is -0.756. The summed E-state index contributed by atoms with van der Waals surface area (Å²) in [7, 11) is 5.33. The van der Waals surface area contributed by atoms with Crippen molar-refractivity contribution in [2.24, 2.45) is 0 Å². The molecule has 0 heterocycles. The number of hydrogen-bond donors (Lipinski definition) is 0. The van der Waals surface area contributed by atoms with Gasteiger partial charge in [0.2, 0.25) is 0 Å². The van der Waals surface area contributed by atoms with E-state index in [9.17, 15) is 19.5 Å². The Hall–Kier alpha value is -4.79. The molecular formula is C48H69NO7. The van der Waals surface area contributed by atoms with Crippen LogP contribution in [0.2, 0.25) is 0 Å². The number of rotatable bonds is 32. The summed E-state index contributed by atoms with van der Waals surface area (Å²) in [5.41, 5.74) is 0. The van der Waals surface area contributed by atoms with Gasteiger partial charge in [0.15, 0.2) is 6.10 Å². The van der Waals surface area contributed by atoms with Gasteiger partial charge in [-0.25, -0.2) is 0 Å². The van der Waals surface area contributed by atoms with Crippen LogP contribution in [-0.2, 0) is 28.6 Å². The zero-order chi connectivity index (χ0) is 41.4. The third kappa shape index (κ3) is 34.9. The number of likely N-dealkylation sites (N-methyl/N-ethyl adjacent to an activating group) is 1. The number of allylic oxidation sites excluding steroid dienone is 24. The number of carbonyl (C=O) groups excluding carboxylic acids is 3. The Bertz CT molecular complexity index is 1410. The van der Waals surface area contributed by atoms with E-state index in [0.717, 1.165) is 32.1 Å². The van der Waals surface area contributed by atoms with Crippen molar-refractivity contribution in [1.82, 2.24) is 0 Å². The Morgan fingerprint density at radius 1 is 0.536 bits per heavy atom. The number of esters is 2. The van der Waals surface area contributed by atoms with Gasteiger partial charge in [-0.3, -0.25) is 9.59 Å². The molecule has 0 aromatic rings. The van der Waals surface area contributed by atoms with E-state index in [-0.39, 0.29) is 49.5 Å². The van der Waals surface area contributed by atoms with Gasteiger partial charge in [-0.05, 0) is 44.9 Å². The Kier molecular flexibility index (Phi) is 34.0. The van der Waals surface area contributed by atoms with Gasteiger partial charge >= 0.3 is 11.9 Å². The Morgan fingerprint density at radius 3 is 1.41 bits per heavy atom. The molecule has 0 aromatic carbocycles. The van der Waals surface area contributed by atoms with E-state index in [1.165, 1.54) is 0 Å². The Morgan fingerprint density at radius 2 is 0.964 bits per heavy atom. The van der Waals surface area contributed by atoms with Crippen LogP contribution in [0.25, 0.3) is 0 Å². The molecule has 2 unspecified atom stereocenters. The maximum Gasteiger partial charge on any atom is 0.306 e. The first-order valence-electron chi connectivity index (χ1n) is 20.0. The van der Waals surface area contributed by atoms with Crippen LogP contribution in [0.15, 0.2) is 146 Å². The first kappa shape index (κ1) is 51.2. The van der Waals surface area contributed by atoms with Crippen molar-refractivity contribution in [2.75, 3.05) is 41.0 Å². The Balaban J connectivity index is 4.64. The fourth-order valence-electron chi connectivity index (χ4n) is 4.73. The second kappa shape index (κ2) is 37.1. The standard InChI is InChI=1S/C48H69NO7/c1-6-8-10-12-14-16-18-20-21-22-23-24-25-27-28-30-32-34-36-38-46(50)55-43-44(42-54-41-40-45(48(52)53)49(3,4)5)56-47(51)39-37-35-33-31-29-26-19-17-15-13-11-9-7-2/h8-29,31,33,44-45H,6-7,30,32,34-43H2,1-5H3/b10-8+,11-9+,14-12+,15-13+,18-16+,19-17+,21-20+,23-22+,25-24+,28-27+,29-26+,33-31+. The summed E-state index contributed by atoms with van der Waals surface area (Å²) >= 11 is 0. The molecule has 0 aliphatic heterocycles. The van der Waals surface area contributed by atoms with Crippen LogP contribution in [0.1, 0.15) is 84.5 Å². The topological polar surface area (TPSA) is 102 Å². The van der Waals surface area contributed by atoms with Crippen molar-refractivity contribution in [1.29, 1.82) is 0 Å². The zero-order valence-electron chi connectivity index (χ0n) is 34.7. The molecule has 0 amide bonds. The lowest BCUT2D eigenvalue weighted by Gasteiger charge is -2.34. The summed E-state index contributed by atoms with van der Waals surface area (Å²) in [4.78, 5) is 36.7. The molecule has 56 heavy (non-hydrogen) atoms. The number of carbonyl (C=O) groups is 3. The molecule has 2 atom stereocenters. The van der Waals surface area contributed by atoms with E-state index in [1.54, 1.807) is 21.1 Å². The van der Waals surface area contributed by atoms with E-state index in [1.807, 2.05) is 128 Å². The summed E-state index contributed by atoms with van der Waals surface area (Å²) < 4.78 is 17.0. The van der Waals surface area contributed by atoms with Gasteiger partial charge in [-0.15, -0.1) is 0 Å². The fraction of sp³-hybridized carbons (Fsp3) is 0.438. The third-order valence-electron chi connectivity index (χ3n) is 7.79. The highest BCUT2D eigenvalue weighted by Crippen LogP contribution is 2.10. The molecule has 0 N–H and O–H groups in total. The molecule has 0 rings (SSSR count). The summed E-state index contributed by atoms with van der Waals surface area (Å²) in [6.45, 7) is 4.18. The summed E-state index contributed by atoms with van der Waals surface area (Å²) in [5, 5.41) is 11.6. The number of carboxylic acids is 1. The van der Waals surface area contributed by atoms with Crippen molar-refractivity contribution in [3.8, 4) is 0 Å². The van der Waals surface area contributed by atoms with Gasteiger partial charge in [0.25, 0.3) is 0 Å². The molecule has 0 aliphatic rings. The van der Waals surface area contributed by atoms with Crippen LogP contribution in [0.3, 0.4) is 0 Å². The van der Waals surface area contributed by atoms with Crippen molar-refractivity contribution in [3.05, 3.63) is 146 Å². The number of ether oxygens (including phenoxy) is 3. The van der Waals surface area contributed by atoms with Crippen molar-refractivity contribution in [2.45, 2.75) is 96.6 Å². The fourth-order valence-corrected chi connectivity index (χ4v) is 4.73. The monoisotopic (exact) mass is 772 g/mol. The molecule has 8 nitrogen and oxygen atoms in total. The first-order chi connectivity index (χ1) is 27.1. The molecule has 0 aliphatic carbocycles. The average molecular weight is 772 g/mol. The molecule has 8 heteroatoms. The van der Waals surface area contributed by atoms with E-state index in [2.05, 4.69) is 32.1 Å². The molecule has 0 bridgehead atoms. The van der Waals surface area contributed by atoms with Crippen LogP contribution in [0.4, 0.5) is 0 Å². The predicted octanol–water partition coefficient (Wildman–Crippen LogP) is 9.29. The van der Waals surface area contributed by atoms with Gasteiger partial charge in [0.1, 0.15) is 12.6 Å². The SMILES string of the molecule is CC/C=C/C=C/C=C/C=C/C=C/C=C/C=C/CCCCCC(=O)OCC(COCCC(C(=O)[O-])[N+](C)(C)C)OC(=O)CCC/C=C/C=C/C=C/C=C/C=C/CC. The first-order valence-corrected chi connectivity index (χ1v) is 20.0. The maximum absolute atomic E-state index is 12.6. The lowest BCUT2D eigenvalue weighted by Crippen LogP contribution is -2.55. The molecule has 308 valence electrons. The minimum atomic E-state index is -1.15. The highest BCUT2D eigenvalue weighted by atomic mass is 16.6. The largest absolute Gasteiger partial charge is 0.544 e. The van der Waals surface area contributed by atoms with Gasteiger partial charge in [-0.1, -0.05) is 166 Å². The average Bonchev–Trinajstić information content (AvgIpc) is 3.15. The van der Waals surface area contributed by atoms with Crippen molar-refractivity contribution < 1.29 is 38.2 Å². The summed E-state index contributed by atoms with van der Waals surface area (Å²) in [6.07, 6.45) is 54.5. The van der Waals surface area contributed by atoms with Crippen LogP contribution < -0.4 is 5.11 Å². The number of aliphatic carboxylic acids is 1. The van der Waals surface area contributed by atoms with Crippen LogP contribution in [-0.4, -0.2) is 75.5 Å². The minimum Gasteiger partial charge on any atom is -0.544 e. The van der Waals surface area contributed by atoms with E-state index < -0.39 is 24.1 Å². The number of nitrogens with zero attached hydrogens (tertiary/aromatic N) is 1. The van der Waals surface area contributed by atoms with E-state index in [4.69, 9.17) is 14.2 Å². The zero-order valence-corrected chi connectivity index (χ0v) is 34.7. The normalized spacial score (nSPS) is 14.5. The Labute approximate surface area is 338 Å². The van der Waals surface area contributed by atoms with Crippen LogP contribution in [0, 0.1) is 0 Å². The molecule has 0 radical (unpaired) electrons. The number of hydrogen-bond acceptors (Lipinski definition) is 7. The smallest absolute Gasteiger partial charge is 0.306 e. The summed E-state index contributed by atoms with van der Waals surface area (Å²) in [5.74, 6) is -1.92. The van der Waals surface area contributed by atoms with Crippen molar-refractivity contribution >= 4 is 17.9 Å². The second-order valence-corrected chi connectivity index (χ2v) is 13.7. The van der Waals surface area contributed by atoms with Crippen LogP contribution >= 0.6 is 0 Å². The number of carboxylic acid groups (broad SMARTS) is 1. The quantitative estimate of drug-likeness (QED) is 0.0291. The molecule has 0 spiro atoms. The van der Waals surface area contributed by atoms with Crippen molar-refractivity contribution in [3.63, 3.8) is 0 Å². The third-order valence-corrected chi connectivity index (χ3v) is 7.79. The second-order valence-electron chi connectivity index (χ2n) is 13.7. The van der Waals surface area contributed by atoms with Gasteiger partial charge in [0, 0.05) is 19.3 Å². The molecule has 0 aromatic heterocycles. The molecule has 0 saturated carbocycles. The van der Waals surface area contributed by atoms with Crippen LogP contribution in [0.5, 0.6) is 0 Å². The van der Waals surface area contributed by atoms with Gasteiger partial charge in [-0.2, -0.15) is 0 Å². The lowest BCUT2D eigenvalue weighted by atomic mass is 10.1. The molecule has 0 fully saturated rings. The lowest BCUT2D eigenvalue weighted by molar-refractivity contribution is -0.889. The highest BCUT2D eigenvalue weighted by Gasteiger charge is 2.25. The minimum absolute atomic E-state index is 0.0158. The maximum atomic E-state index is 12.6.